The lowest BCUT2D eigenvalue weighted by molar-refractivity contribution is 0.528. The van der Waals surface area contributed by atoms with Gasteiger partial charge in [-0.25, -0.2) is 0 Å². The first-order valence-electron chi connectivity index (χ1n) is 4.57. The van der Waals surface area contributed by atoms with Gasteiger partial charge in [-0.2, -0.15) is 0 Å². The molecule has 0 heteroatoms. The van der Waals surface area contributed by atoms with Crippen LogP contribution in [-0.2, 0) is 0 Å². The summed E-state index contributed by atoms with van der Waals surface area (Å²) in [7, 11) is 0. The molecule has 0 aromatic heterocycles. The van der Waals surface area contributed by atoms with Gasteiger partial charge in [0.1, 0.15) is 0 Å². The maximum Gasteiger partial charge on any atom is -0.0168 e. The third-order valence-corrected chi connectivity index (χ3v) is 2.67. The standard InChI is InChI=1S/C11H18/c1-4-10(3)11-7-5-9(2)6-8-11/h5,11H,3-4,6-8H2,1-2H3. The van der Waals surface area contributed by atoms with Gasteiger partial charge in [-0.05, 0) is 38.5 Å². The van der Waals surface area contributed by atoms with Crippen molar-refractivity contribution in [3.8, 4) is 0 Å². The van der Waals surface area contributed by atoms with Crippen LogP contribution in [0.25, 0.3) is 0 Å². The quantitative estimate of drug-likeness (QED) is 0.526. The number of hydrogen-bond donors (Lipinski definition) is 0. The molecular weight excluding hydrogens is 132 g/mol. The fraction of sp³-hybridized carbons (Fsp3) is 0.636. The van der Waals surface area contributed by atoms with Gasteiger partial charge in [0.25, 0.3) is 0 Å². The molecule has 0 radical (unpaired) electrons. The first-order chi connectivity index (χ1) is 5.24. The van der Waals surface area contributed by atoms with Gasteiger partial charge in [-0.3, -0.25) is 0 Å². The number of hydrogen-bond acceptors (Lipinski definition) is 0. The molecule has 0 nitrogen and oxygen atoms in total. The fourth-order valence-electron chi connectivity index (χ4n) is 1.62. The van der Waals surface area contributed by atoms with Gasteiger partial charge in [-0.15, -0.1) is 0 Å². The van der Waals surface area contributed by atoms with E-state index in [0.717, 1.165) is 12.3 Å². The van der Waals surface area contributed by atoms with E-state index in [9.17, 15) is 0 Å². The van der Waals surface area contributed by atoms with Crippen LogP contribution in [0.5, 0.6) is 0 Å². The van der Waals surface area contributed by atoms with E-state index in [-0.39, 0.29) is 0 Å². The van der Waals surface area contributed by atoms with Crippen LogP contribution >= 0.6 is 0 Å². The molecule has 0 N–H and O–H groups in total. The molecule has 0 aliphatic heterocycles. The molecular formula is C11H18. The van der Waals surface area contributed by atoms with E-state index in [1.54, 1.807) is 5.57 Å². The van der Waals surface area contributed by atoms with Crippen molar-refractivity contribution < 1.29 is 0 Å². The Morgan fingerprint density at radius 1 is 1.73 bits per heavy atom. The molecule has 11 heavy (non-hydrogen) atoms. The molecule has 1 unspecified atom stereocenters. The first-order valence-corrected chi connectivity index (χ1v) is 4.57. The van der Waals surface area contributed by atoms with Crippen LogP contribution in [0.1, 0.15) is 39.5 Å². The molecule has 0 amide bonds. The summed E-state index contributed by atoms with van der Waals surface area (Å²) < 4.78 is 0. The highest BCUT2D eigenvalue weighted by Crippen LogP contribution is 2.29. The Morgan fingerprint density at radius 2 is 2.45 bits per heavy atom. The summed E-state index contributed by atoms with van der Waals surface area (Å²) in [5, 5.41) is 0. The fourth-order valence-corrected chi connectivity index (χ4v) is 1.62. The van der Waals surface area contributed by atoms with Crippen LogP contribution in [0.2, 0.25) is 0 Å². The monoisotopic (exact) mass is 150 g/mol. The predicted octanol–water partition coefficient (Wildman–Crippen LogP) is 3.70. The highest BCUT2D eigenvalue weighted by molar-refractivity contribution is 5.11. The molecule has 0 spiro atoms. The van der Waals surface area contributed by atoms with E-state index in [4.69, 9.17) is 0 Å². The summed E-state index contributed by atoms with van der Waals surface area (Å²) in [5.41, 5.74) is 3.00. The van der Waals surface area contributed by atoms with Gasteiger partial charge in [0, 0.05) is 0 Å². The summed E-state index contributed by atoms with van der Waals surface area (Å²) in [4.78, 5) is 0. The van der Waals surface area contributed by atoms with Crippen molar-refractivity contribution in [1.29, 1.82) is 0 Å². The molecule has 0 heterocycles. The number of rotatable bonds is 2. The topological polar surface area (TPSA) is 0 Å². The SMILES string of the molecule is C=C(CC)C1CC=C(C)CC1. The molecule has 0 saturated carbocycles. The van der Waals surface area contributed by atoms with Crippen molar-refractivity contribution in [2.24, 2.45) is 5.92 Å². The van der Waals surface area contributed by atoms with E-state index < -0.39 is 0 Å². The normalized spacial score (nSPS) is 24.5. The van der Waals surface area contributed by atoms with Gasteiger partial charge in [0.15, 0.2) is 0 Å². The van der Waals surface area contributed by atoms with E-state index in [1.807, 2.05) is 0 Å². The summed E-state index contributed by atoms with van der Waals surface area (Å²) >= 11 is 0. The average Bonchev–Trinajstić information content (AvgIpc) is 2.05. The maximum atomic E-state index is 4.09. The largest absolute Gasteiger partial charge is 0.0996 e. The molecule has 62 valence electrons. The van der Waals surface area contributed by atoms with Gasteiger partial charge in [0.2, 0.25) is 0 Å². The van der Waals surface area contributed by atoms with Crippen LogP contribution < -0.4 is 0 Å². The van der Waals surface area contributed by atoms with Crippen molar-refractivity contribution in [3.05, 3.63) is 23.8 Å². The van der Waals surface area contributed by atoms with Crippen molar-refractivity contribution in [3.63, 3.8) is 0 Å². The Kier molecular flexibility index (Phi) is 2.92. The summed E-state index contributed by atoms with van der Waals surface area (Å²) in [6.07, 6.45) is 7.36. The van der Waals surface area contributed by atoms with Crippen molar-refractivity contribution in [2.45, 2.75) is 39.5 Å². The van der Waals surface area contributed by atoms with E-state index >= 15 is 0 Å². The Morgan fingerprint density at radius 3 is 2.91 bits per heavy atom. The highest BCUT2D eigenvalue weighted by atomic mass is 14.2. The minimum Gasteiger partial charge on any atom is -0.0996 e. The molecule has 1 atom stereocenters. The molecule has 0 fully saturated rings. The van der Waals surface area contributed by atoms with Crippen LogP contribution in [0, 0.1) is 5.92 Å². The van der Waals surface area contributed by atoms with Crippen LogP contribution in [0.3, 0.4) is 0 Å². The van der Waals surface area contributed by atoms with Crippen molar-refractivity contribution >= 4 is 0 Å². The van der Waals surface area contributed by atoms with Gasteiger partial charge in [0.05, 0.1) is 0 Å². The Hall–Kier alpha value is -0.520. The van der Waals surface area contributed by atoms with Gasteiger partial charge < -0.3 is 0 Å². The third-order valence-electron chi connectivity index (χ3n) is 2.67. The third kappa shape index (κ3) is 2.21. The lowest BCUT2D eigenvalue weighted by Crippen LogP contribution is -2.06. The average molecular weight is 150 g/mol. The van der Waals surface area contributed by atoms with Gasteiger partial charge in [-0.1, -0.05) is 30.7 Å². The minimum atomic E-state index is 0.781. The van der Waals surface area contributed by atoms with E-state index in [2.05, 4.69) is 26.5 Å². The first kappa shape index (κ1) is 8.58. The summed E-state index contributed by atoms with van der Waals surface area (Å²) in [6, 6.07) is 0. The number of allylic oxidation sites excluding steroid dienone is 3. The lowest BCUT2D eigenvalue weighted by atomic mass is 9.84. The second kappa shape index (κ2) is 3.75. The maximum absolute atomic E-state index is 4.09. The van der Waals surface area contributed by atoms with E-state index in [1.165, 1.54) is 24.8 Å². The van der Waals surface area contributed by atoms with E-state index in [0.29, 0.717) is 0 Å². The van der Waals surface area contributed by atoms with Crippen molar-refractivity contribution in [2.75, 3.05) is 0 Å². The predicted molar refractivity (Wildman–Crippen MR) is 50.5 cm³/mol. The van der Waals surface area contributed by atoms with Crippen LogP contribution in [-0.4, -0.2) is 0 Å². The highest BCUT2D eigenvalue weighted by Gasteiger charge is 2.13. The zero-order valence-corrected chi connectivity index (χ0v) is 7.69. The van der Waals surface area contributed by atoms with Crippen LogP contribution in [0.4, 0.5) is 0 Å². The zero-order chi connectivity index (χ0) is 8.27. The molecule has 0 bridgehead atoms. The Labute approximate surface area is 70.0 Å². The second-order valence-electron chi connectivity index (χ2n) is 3.53. The Bertz CT molecular complexity index is 174. The van der Waals surface area contributed by atoms with Gasteiger partial charge >= 0.3 is 0 Å². The molecule has 0 aromatic carbocycles. The zero-order valence-electron chi connectivity index (χ0n) is 7.69. The van der Waals surface area contributed by atoms with Crippen molar-refractivity contribution in [1.82, 2.24) is 0 Å². The molecule has 0 saturated heterocycles. The summed E-state index contributed by atoms with van der Waals surface area (Å²) in [5.74, 6) is 0.781. The molecule has 1 aliphatic rings. The molecule has 1 aliphatic carbocycles. The van der Waals surface area contributed by atoms with Crippen LogP contribution in [0.15, 0.2) is 23.8 Å². The molecule has 0 aromatic rings. The second-order valence-corrected chi connectivity index (χ2v) is 3.53. The minimum absolute atomic E-state index is 0.781. The molecule has 1 rings (SSSR count). The Balaban J connectivity index is 2.47. The summed E-state index contributed by atoms with van der Waals surface area (Å²) in [6.45, 7) is 8.52. The smallest absolute Gasteiger partial charge is 0.0168 e. The lowest BCUT2D eigenvalue weighted by Gasteiger charge is -2.21.